The molecule has 0 atom stereocenters. The fourth-order valence-electron chi connectivity index (χ4n) is 3.20. The lowest BCUT2D eigenvalue weighted by Crippen LogP contribution is -2.17. The maximum absolute atomic E-state index is 12.4. The molecule has 150 valence electrons. The summed E-state index contributed by atoms with van der Waals surface area (Å²) in [6.07, 6.45) is 2.30. The van der Waals surface area contributed by atoms with E-state index < -0.39 is 0 Å². The lowest BCUT2D eigenvalue weighted by atomic mass is 10.1. The molecule has 0 aliphatic heterocycles. The van der Waals surface area contributed by atoms with Gasteiger partial charge in [0.05, 0.1) is 24.4 Å². The van der Waals surface area contributed by atoms with Crippen molar-refractivity contribution < 1.29 is 9.53 Å². The minimum absolute atomic E-state index is 0.271. The molecule has 1 amide bonds. The molecule has 0 bridgehead atoms. The second-order valence-electron chi connectivity index (χ2n) is 7.05. The van der Waals surface area contributed by atoms with Crippen LogP contribution in [0.4, 0.5) is 0 Å². The smallest absolute Gasteiger partial charge is 0.271 e. The van der Waals surface area contributed by atoms with Crippen LogP contribution in [0.3, 0.4) is 0 Å². The van der Waals surface area contributed by atoms with Gasteiger partial charge >= 0.3 is 0 Å². The highest BCUT2D eigenvalue weighted by Crippen LogP contribution is 2.18. The predicted octanol–water partition coefficient (Wildman–Crippen LogP) is 4.23. The first-order valence-corrected chi connectivity index (χ1v) is 9.62. The molecule has 1 heterocycles. The van der Waals surface area contributed by atoms with Crippen LogP contribution in [0.2, 0.25) is 0 Å². The molecule has 6 heteroatoms. The molecule has 0 fully saturated rings. The van der Waals surface area contributed by atoms with Gasteiger partial charge in [-0.25, -0.2) is 10.4 Å². The van der Waals surface area contributed by atoms with E-state index in [4.69, 9.17) is 4.74 Å². The molecule has 0 saturated heterocycles. The Morgan fingerprint density at radius 1 is 1.13 bits per heavy atom. The maximum atomic E-state index is 12.4. The van der Waals surface area contributed by atoms with Crippen LogP contribution in [0.1, 0.15) is 32.9 Å². The van der Waals surface area contributed by atoms with Crippen LogP contribution in [0, 0.1) is 6.92 Å². The molecule has 0 aliphatic rings. The number of fused-ring (bicyclic) bond motifs is 1. The van der Waals surface area contributed by atoms with Crippen LogP contribution in [0.25, 0.3) is 11.0 Å². The van der Waals surface area contributed by atoms with E-state index in [1.807, 2.05) is 61.5 Å². The van der Waals surface area contributed by atoms with Gasteiger partial charge in [-0.1, -0.05) is 42.0 Å². The molecule has 4 aromatic rings. The molecule has 0 saturated carbocycles. The minimum atomic E-state index is -0.271. The molecular formula is C24H22N4O2. The quantitative estimate of drug-likeness (QED) is 0.377. The topological polar surface area (TPSA) is 79.4 Å². The summed E-state index contributed by atoms with van der Waals surface area (Å²) in [5.74, 6) is 1.39. The van der Waals surface area contributed by atoms with Gasteiger partial charge in [-0.3, -0.25) is 4.79 Å². The van der Waals surface area contributed by atoms with E-state index in [0.29, 0.717) is 12.0 Å². The number of aromatic nitrogens is 2. The van der Waals surface area contributed by atoms with Crippen molar-refractivity contribution >= 4 is 23.2 Å². The molecule has 1 aromatic heterocycles. The average Bonchev–Trinajstić information content (AvgIpc) is 3.15. The Bertz CT molecular complexity index is 1210. The van der Waals surface area contributed by atoms with Crippen LogP contribution in [-0.2, 0) is 6.42 Å². The number of imidazole rings is 1. The van der Waals surface area contributed by atoms with E-state index in [2.05, 4.69) is 20.5 Å². The van der Waals surface area contributed by atoms with Crippen molar-refractivity contribution in [2.45, 2.75) is 13.3 Å². The van der Waals surface area contributed by atoms with Crippen LogP contribution >= 0.6 is 0 Å². The lowest BCUT2D eigenvalue weighted by molar-refractivity contribution is 0.0955. The Hall–Kier alpha value is -3.93. The van der Waals surface area contributed by atoms with Crippen LogP contribution < -0.4 is 10.2 Å². The summed E-state index contributed by atoms with van der Waals surface area (Å²) < 4.78 is 5.19. The number of benzene rings is 3. The van der Waals surface area contributed by atoms with Gasteiger partial charge < -0.3 is 9.72 Å². The fourth-order valence-corrected chi connectivity index (χ4v) is 3.20. The molecule has 2 N–H and O–H groups in total. The SMILES string of the molecule is COc1ccc(Cc2nc3ccc(C(=O)N/N=C\c4cccc(C)c4)cc3[nH]2)cc1. The van der Waals surface area contributed by atoms with Gasteiger partial charge in [0.15, 0.2) is 0 Å². The van der Waals surface area contributed by atoms with Crippen LogP contribution in [0.15, 0.2) is 71.8 Å². The fraction of sp³-hybridized carbons (Fsp3) is 0.125. The first-order chi connectivity index (χ1) is 14.6. The van der Waals surface area contributed by atoms with Gasteiger partial charge in [0.2, 0.25) is 0 Å². The summed E-state index contributed by atoms with van der Waals surface area (Å²) in [6.45, 7) is 2.01. The van der Waals surface area contributed by atoms with E-state index in [1.165, 1.54) is 0 Å². The standard InChI is InChI=1S/C24H22N4O2/c1-16-4-3-5-18(12-16)15-25-28-24(29)19-8-11-21-22(14-19)27-23(26-21)13-17-6-9-20(30-2)10-7-17/h3-12,14-15H,13H2,1-2H3,(H,26,27)(H,28,29)/b25-15-. The van der Waals surface area contributed by atoms with Gasteiger partial charge in [-0.15, -0.1) is 0 Å². The van der Waals surface area contributed by atoms with Crippen molar-refractivity contribution in [1.29, 1.82) is 0 Å². The zero-order valence-electron chi connectivity index (χ0n) is 16.8. The number of H-pyrrole nitrogens is 1. The number of nitrogens with one attached hydrogen (secondary N) is 2. The van der Waals surface area contributed by atoms with Crippen molar-refractivity contribution in [3.05, 3.63) is 94.8 Å². The average molecular weight is 398 g/mol. The highest BCUT2D eigenvalue weighted by Gasteiger charge is 2.09. The van der Waals surface area contributed by atoms with Crippen molar-refractivity contribution in [3.63, 3.8) is 0 Å². The Kier molecular flexibility index (Phi) is 5.57. The second-order valence-corrected chi connectivity index (χ2v) is 7.05. The normalized spacial score (nSPS) is 11.1. The zero-order valence-corrected chi connectivity index (χ0v) is 16.8. The van der Waals surface area contributed by atoms with Crippen molar-refractivity contribution in [2.24, 2.45) is 5.10 Å². The lowest BCUT2D eigenvalue weighted by Gasteiger charge is -2.01. The molecule has 4 rings (SSSR count). The Morgan fingerprint density at radius 2 is 1.97 bits per heavy atom. The first-order valence-electron chi connectivity index (χ1n) is 9.62. The van der Waals surface area contributed by atoms with Crippen molar-refractivity contribution in [2.75, 3.05) is 7.11 Å². The van der Waals surface area contributed by atoms with Gasteiger partial charge in [-0.2, -0.15) is 5.10 Å². The number of ether oxygens (including phenoxy) is 1. The van der Waals surface area contributed by atoms with Gasteiger partial charge in [-0.05, 0) is 48.4 Å². The number of rotatable bonds is 6. The summed E-state index contributed by atoms with van der Waals surface area (Å²) in [4.78, 5) is 20.3. The number of carbonyl (C=O) groups is 1. The number of hydrazone groups is 1. The minimum Gasteiger partial charge on any atom is -0.497 e. The third-order valence-corrected chi connectivity index (χ3v) is 4.75. The molecule has 6 nitrogen and oxygen atoms in total. The number of aromatic amines is 1. The van der Waals surface area contributed by atoms with Crippen LogP contribution in [-0.4, -0.2) is 29.2 Å². The molecule has 3 aromatic carbocycles. The third-order valence-electron chi connectivity index (χ3n) is 4.75. The molecule has 0 radical (unpaired) electrons. The van der Waals surface area contributed by atoms with Gasteiger partial charge in [0.25, 0.3) is 5.91 Å². The Balaban J connectivity index is 1.45. The number of methoxy groups -OCH3 is 1. The van der Waals surface area contributed by atoms with Gasteiger partial charge in [0, 0.05) is 12.0 Å². The number of amides is 1. The van der Waals surface area contributed by atoms with E-state index in [9.17, 15) is 4.79 Å². The number of hydrogen-bond acceptors (Lipinski definition) is 4. The van der Waals surface area contributed by atoms with Crippen molar-refractivity contribution in [1.82, 2.24) is 15.4 Å². The highest BCUT2D eigenvalue weighted by atomic mass is 16.5. The molecular weight excluding hydrogens is 376 g/mol. The third kappa shape index (κ3) is 4.55. The maximum Gasteiger partial charge on any atom is 0.271 e. The zero-order chi connectivity index (χ0) is 20.9. The number of hydrogen-bond donors (Lipinski definition) is 2. The molecule has 30 heavy (non-hydrogen) atoms. The van der Waals surface area contributed by atoms with Crippen molar-refractivity contribution in [3.8, 4) is 5.75 Å². The molecule has 0 unspecified atom stereocenters. The summed E-state index contributed by atoms with van der Waals surface area (Å²) in [7, 11) is 1.65. The van der Waals surface area contributed by atoms with E-state index in [1.54, 1.807) is 25.5 Å². The predicted molar refractivity (Wildman–Crippen MR) is 118 cm³/mol. The largest absolute Gasteiger partial charge is 0.497 e. The van der Waals surface area contributed by atoms with E-state index in [-0.39, 0.29) is 5.91 Å². The number of aryl methyl sites for hydroxylation is 1. The summed E-state index contributed by atoms with van der Waals surface area (Å²) >= 11 is 0. The van der Waals surface area contributed by atoms with E-state index in [0.717, 1.165) is 39.3 Å². The first kappa shape index (κ1) is 19.4. The molecule has 0 aliphatic carbocycles. The van der Waals surface area contributed by atoms with E-state index >= 15 is 0 Å². The summed E-state index contributed by atoms with van der Waals surface area (Å²) in [5, 5.41) is 4.05. The van der Waals surface area contributed by atoms with Gasteiger partial charge in [0.1, 0.15) is 11.6 Å². The summed E-state index contributed by atoms with van der Waals surface area (Å²) in [5.41, 5.74) is 7.92. The Morgan fingerprint density at radius 3 is 2.73 bits per heavy atom. The number of carbonyl (C=O) groups excluding carboxylic acids is 1. The molecule has 0 spiro atoms. The number of nitrogens with zero attached hydrogens (tertiary/aromatic N) is 2. The van der Waals surface area contributed by atoms with Crippen LogP contribution in [0.5, 0.6) is 5.75 Å². The highest BCUT2D eigenvalue weighted by molar-refractivity contribution is 5.97. The summed E-state index contributed by atoms with van der Waals surface area (Å²) in [6, 6.07) is 21.1. The second kappa shape index (κ2) is 8.61. The monoisotopic (exact) mass is 398 g/mol. The Labute approximate surface area is 174 Å².